The molecule has 0 fully saturated rings. The van der Waals surface area contributed by atoms with Gasteiger partial charge in [0.25, 0.3) is 0 Å². The Bertz CT molecular complexity index is 3460. The molecule has 0 amide bonds. The van der Waals surface area contributed by atoms with Gasteiger partial charge in [-0.2, -0.15) is 0 Å². The summed E-state index contributed by atoms with van der Waals surface area (Å²) >= 11 is 0. The van der Waals surface area contributed by atoms with Crippen molar-refractivity contribution in [2.75, 3.05) is 0 Å². The summed E-state index contributed by atoms with van der Waals surface area (Å²) in [5, 5.41) is 18.3. The minimum atomic E-state index is -0.320. The summed E-state index contributed by atoms with van der Waals surface area (Å²) in [5.74, 6) is 0. The summed E-state index contributed by atoms with van der Waals surface area (Å²) in [4.78, 5) is 5.50. The summed E-state index contributed by atoms with van der Waals surface area (Å²) < 4.78 is 7.16. The molecule has 11 aromatic rings. The van der Waals surface area contributed by atoms with E-state index in [1.807, 2.05) is 0 Å². The van der Waals surface area contributed by atoms with Crippen molar-refractivity contribution in [3.05, 3.63) is 211 Å². The standard InChI is InChI=1S/C54H34N2O/c1-3-18-35-33(14-1)16-9-24-40(35)49-32-50(56-54(55-49)47-30-10-17-34-15-2-4-19-36(34)47)48-31-13-29-46-45-28-12-27-44(52(45)57-53(46)48)43-26-11-25-42-39-21-6-5-20-37(39)38-22-7-8-23-41(38)51(42)43/h1-32,54-55H. The van der Waals surface area contributed by atoms with Crippen LogP contribution >= 0.6 is 0 Å². The Morgan fingerprint density at radius 3 is 1.54 bits per heavy atom. The summed E-state index contributed by atoms with van der Waals surface area (Å²) in [5.41, 5.74) is 9.09. The van der Waals surface area contributed by atoms with E-state index in [9.17, 15) is 0 Å². The van der Waals surface area contributed by atoms with Gasteiger partial charge in [-0.1, -0.05) is 182 Å². The molecule has 10 aromatic carbocycles. The van der Waals surface area contributed by atoms with E-state index < -0.39 is 0 Å². The van der Waals surface area contributed by atoms with Crippen LogP contribution in [-0.2, 0) is 0 Å². The Balaban J connectivity index is 1.10. The number of hydrogen-bond acceptors (Lipinski definition) is 3. The number of nitrogens with zero attached hydrogens (tertiary/aromatic N) is 1. The van der Waals surface area contributed by atoms with E-state index in [-0.39, 0.29) is 6.17 Å². The minimum Gasteiger partial charge on any atom is -0.455 e. The van der Waals surface area contributed by atoms with E-state index in [1.54, 1.807) is 0 Å². The second-order valence-corrected chi connectivity index (χ2v) is 15.0. The van der Waals surface area contributed by atoms with Crippen LogP contribution in [0.25, 0.3) is 92.6 Å². The van der Waals surface area contributed by atoms with Crippen LogP contribution in [0, 0.1) is 0 Å². The Morgan fingerprint density at radius 2 is 0.825 bits per heavy atom. The van der Waals surface area contributed by atoms with Gasteiger partial charge in [0.05, 0.1) is 5.71 Å². The Hall–Kier alpha value is -7.49. The Kier molecular flexibility index (Phi) is 6.99. The first kappa shape index (κ1) is 31.8. The molecule has 0 bridgehead atoms. The average molecular weight is 727 g/mol. The lowest BCUT2D eigenvalue weighted by molar-refractivity contribution is 0.663. The minimum absolute atomic E-state index is 0.320. The molecule has 1 N–H and O–H groups in total. The van der Waals surface area contributed by atoms with E-state index in [2.05, 4.69) is 199 Å². The molecule has 1 atom stereocenters. The van der Waals surface area contributed by atoms with Crippen molar-refractivity contribution in [2.45, 2.75) is 6.17 Å². The second kappa shape index (κ2) is 12.5. The van der Waals surface area contributed by atoms with Gasteiger partial charge >= 0.3 is 0 Å². The third kappa shape index (κ3) is 4.89. The summed E-state index contributed by atoms with van der Waals surface area (Å²) in [6.07, 6.45) is 1.88. The van der Waals surface area contributed by atoms with E-state index in [0.29, 0.717) is 0 Å². The fourth-order valence-corrected chi connectivity index (χ4v) is 9.35. The van der Waals surface area contributed by atoms with Crippen LogP contribution in [-0.4, -0.2) is 5.71 Å². The van der Waals surface area contributed by atoms with Crippen LogP contribution < -0.4 is 5.32 Å². The molecule has 2 heterocycles. The maximum absolute atomic E-state index is 7.16. The number of benzene rings is 10. The first-order valence-corrected chi connectivity index (χ1v) is 19.6. The zero-order valence-electron chi connectivity index (χ0n) is 30.9. The molecule has 0 saturated heterocycles. The van der Waals surface area contributed by atoms with Gasteiger partial charge in [-0.15, -0.1) is 0 Å². The Morgan fingerprint density at radius 1 is 0.368 bits per heavy atom. The second-order valence-electron chi connectivity index (χ2n) is 15.0. The highest BCUT2D eigenvalue weighted by Crippen LogP contribution is 2.44. The monoisotopic (exact) mass is 726 g/mol. The zero-order chi connectivity index (χ0) is 37.5. The zero-order valence-corrected chi connectivity index (χ0v) is 30.9. The maximum Gasteiger partial charge on any atom is 0.146 e. The number of fused-ring (bicyclic) bond motifs is 11. The highest BCUT2D eigenvalue weighted by atomic mass is 16.3. The highest BCUT2D eigenvalue weighted by Gasteiger charge is 2.25. The Labute approximate surface area is 328 Å². The maximum atomic E-state index is 7.16. The first-order valence-electron chi connectivity index (χ1n) is 19.6. The predicted molar refractivity (Wildman–Crippen MR) is 240 cm³/mol. The molecule has 0 saturated carbocycles. The topological polar surface area (TPSA) is 37.5 Å². The molecule has 1 aromatic heterocycles. The van der Waals surface area contributed by atoms with Crippen LogP contribution in [0.5, 0.6) is 0 Å². The van der Waals surface area contributed by atoms with Crippen molar-refractivity contribution in [2.24, 2.45) is 4.99 Å². The lowest BCUT2D eigenvalue weighted by Crippen LogP contribution is -2.25. The van der Waals surface area contributed by atoms with E-state index in [0.717, 1.165) is 61.2 Å². The fraction of sp³-hybridized carbons (Fsp3) is 0.0185. The molecule has 266 valence electrons. The van der Waals surface area contributed by atoms with E-state index in [1.165, 1.54) is 53.9 Å². The molecule has 1 aliphatic heterocycles. The number of nitrogens with one attached hydrogen (secondary N) is 1. The quantitative estimate of drug-likeness (QED) is 0.183. The molecule has 1 unspecified atom stereocenters. The molecule has 1 aliphatic rings. The van der Waals surface area contributed by atoms with Crippen LogP contribution in [0.3, 0.4) is 0 Å². The molecule has 3 heteroatoms. The van der Waals surface area contributed by atoms with Crippen LogP contribution in [0.4, 0.5) is 0 Å². The average Bonchev–Trinajstić information content (AvgIpc) is 3.68. The number of allylic oxidation sites excluding steroid dienone is 1. The fourth-order valence-electron chi connectivity index (χ4n) is 9.35. The number of furan rings is 1. The van der Waals surface area contributed by atoms with Crippen LogP contribution in [0.15, 0.2) is 204 Å². The predicted octanol–water partition coefficient (Wildman–Crippen LogP) is 14.2. The van der Waals surface area contributed by atoms with Crippen molar-refractivity contribution >= 4 is 87.2 Å². The number of hydrogen-bond donors (Lipinski definition) is 1. The molecule has 0 spiro atoms. The molecular weight excluding hydrogens is 693 g/mol. The number of rotatable bonds is 4. The molecule has 3 nitrogen and oxygen atoms in total. The SMILES string of the molecule is C1=C(c2cccc3ccccc23)NC(c2cccc3ccccc23)N=C1c1cccc2c1oc1c(-c3cccc4c5ccccc5c5ccccc5c34)cccc12. The molecule has 0 aliphatic carbocycles. The third-order valence-corrected chi connectivity index (χ3v) is 11.9. The van der Waals surface area contributed by atoms with Gasteiger partial charge in [0, 0.05) is 38.7 Å². The molecule has 12 rings (SSSR count). The van der Waals surface area contributed by atoms with Crippen molar-refractivity contribution < 1.29 is 4.42 Å². The van der Waals surface area contributed by atoms with E-state index >= 15 is 0 Å². The van der Waals surface area contributed by atoms with Gasteiger partial charge in [-0.05, 0) is 71.6 Å². The lowest BCUT2D eigenvalue weighted by atomic mass is 9.89. The highest BCUT2D eigenvalue weighted by molar-refractivity contribution is 6.29. The van der Waals surface area contributed by atoms with Gasteiger partial charge in [0.2, 0.25) is 0 Å². The smallest absolute Gasteiger partial charge is 0.146 e. The normalized spacial score (nSPS) is 14.5. The van der Waals surface area contributed by atoms with Gasteiger partial charge < -0.3 is 9.73 Å². The molecule has 0 radical (unpaired) electrons. The third-order valence-electron chi connectivity index (χ3n) is 11.9. The summed E-state index contributed by atoms with van der Waals surface area (Å²) in [6, 6.07) is 67.4. The summed E-state index contributed by atoms with van der Waals surface area (Å²) in [6.45, 7) is 0. The number of aliphatic imine (C=N–C) groups is 1. The van der Waals surface area contributed by atoms with Crippen molar-refractivity contribution in [1.82, 2.24) is 5.32 Å². The van der Waals surface area contributed by atoms with Gasteiger partial charge in [0.15, 0.2) is 0 Å². The van der Waals surface area contributed by atoms with Crippen molar-refractivity contribution in [3.63, 3.8) is 0 Å². The van der Waals surface area contributed by atoms with Gasteiger partial charge in [0.1, 0.15) is 17.3 Å². The molecular formula is C54H34N2O. The van der Waals surface area contributed by atoms with Crippen LogP contribution in [0.2, 0.25) is 0 Å². The molecule has 57 heavy (non-hydrogen) atoms. The van der Waals surface area contributed by atoms with Gasteiger partial charge in [-0.25, -0.2) is 0 Å². The van der Waals surface area contributed by atoms with Crippen molar-refractivity contribution in [1.29, 1.82) is 0 Å². The lowest BCUT2D eigenvalue weighted by Gasteiger charge is -2.26. The van der Waals surface area contributed by atoms with E-state index in [4.69, 9.17) is 9.41 Å². The van der Waals surface area contributed by atoms with Crippen molar-refractivity contribution in [3.8, 4) is 11.1 Å². The first-order chi connectivity index (χ1) is 28.3. The summed E-state index contributed by atoms with van der Waals surface area (Å²) in [7, 11) is 0. The van der Waals surface area contributed by atoms with Gasteiger partial charge in [-0.3, -0.25) is 4.99 Å². The largest absolute Gasteiger partial charge is 0.455 e. The number of para-hydroxylation sites is 2. The van der Waals surface area contributed by atoms with Crippen LogP contribution in [0.1, 0.15) is 22.9 Å².